The number of allylic oxidation sites excluding steroid dienone is 2. The summed E-state index contributed by atoms with van der Waals surface area (Å²) in [5, 5.41) is 1.52. The van der Waals surface area contributed by atoms with Gasteiger partial charge >= 0.3 is 5.97 Å². The summed E-state index contributed by atoms with van der Waals surface area (Å²) in [7, 11) is -2.59. The molecule has 1 aromatic carbocycles. The van der Waals surface area contributed by atoms with Gasteiger partial charge in [-0.2, -0.15) is 0 Å². The molecule has 94 valence electrons. The van der Waals surface area contributed by atoms with Crippen LogP contribution in [0.25, 0.3) is 5.57 Å². The van der Waals surface area contributed by atoms with E-state index in [4.69, 9.17) is 11.6 Å². The third-order valence-electron chi connectivity index (χ3n) is 2.42. The molecule has 0 spiro atoms. The average molecular weight is 285 g/mol. The first-order valence-corrected chi connectivity index (χ1v) is 6.89. The van der Waals surface area contributed by atoms with Crippen molar-refractivity contribution in [2.75, 3.05) is 7.11 Å². The van der Waals surface area contributed by atoms with Crippen LogP contribution < -0.4 is 0 Å². The monoisotopic (exact) mass is 284 g/mol. The molecule has 0 aliphatic carbocycles. The van der Waals surface area contributed by atoms with Crippen LogP contribution in [0.3, 0.4) is 0 Å². The molecular formula is C12H9ClO4S. The van der Waals surface area contributed by atoms with Crippen molar-refractivity contribution in [1.29, 1.82) is 0 Å². The van der Waals surface area contributed by atoms with Crippen LogP contribution in [0.15, 0.2) is 40.7 Å². The molecule has 0 saturated carbocycles. The molecule has 0 fully saturated rings. The zero-order valence-electron chi connectivity index (χ0n) is 9.38. The number of sulfone groups is 1. The van der Waals surface area contributed by atoms with E-state index in [0.717, 1.165) is 12.5 Å². The smallest absolute Gasteiger partial charge is 0.349 e. The van der Waals surface area contributed by atoms with Gasteiger partial charge in [-0.25, -0.2) is 13.2 Å². The maximum Gasteiger partial charge on any atom is 0.349 e. The number of carbonyl (C=O) groups excluding carboxylic acids is 1. The van der Waals surface area contributed by atoms with Gasteiger partial charge < -0.3 is 4.74 Å². The standard InChI is InChI=1S/C12H9ClO4S/c1-17-12(14)11-6-9(7-18(11,15)16)8-3-2-4-10(13)5-8/h2-7H,1H3. The van der Waals surface area contributed by atoms with Gasteiger partial charge in [0.1, 0.15) is 0 Å². The first-order chi connectivity index (χ1) is 8.44. The first-order valence-electron chi connectivity index (χ1n) is 4.97. The first kappa shape index (κ1) is 12.9. The zero-order valence-corrected chi connectivity index (χ0v) is 11.0. The Bertz CT molecular complexity index is 671. The highest BCUT2D eigenvalue weighted by molar-refractivity contribution is 7.99. The van der Waals surface area contributed by atoms with Crippen molar-refractivity contribution in [3.05, 3.63) is 51.2 Å². The fraction of sp³-hybridized carbons (Fsp3) is 0.0833. The summed E-state index contributed by atoms with van der Waals surface area (Å²) in [5.74, 6) is -0.872. The maximum absolute atomic E-state index is 11.8. The lowest BCUT2D eigenvalue weighted by Crippen LogP contribution is -2.10. The molecule has 0 unspecified atom stereocenters. The van der Waals surface area contributed by atoms with Crippen LogP contribution in [0.2, 0.25) is 5.02 Å². The maximum atomic E-state index is 11.8. The summed E-state index contributed by atoms with van der Waals surface area (Å²) in [5.41, 5.74) is 1.04. The van der Waals surface area contributed by atoms with Crippen LogP contribution in [-0.4, -0.2) is 21.5 Å². The van der Waals surface area contributed by atoms with Crippen molar-refractivity contribution >= 4 is 33.0 Å². The Labute approximate surface area is 109 Å². The predicted octanol–water partition coefficient (Wildman–Crippen LogP) is 2.17. The molecule has 1 aliphatic heterocycles. The van der Waals surface area contributed by atoms with Gasteiger partial charge in [0.05, 0.1) is 7.11 Å². The van der Waals surface area contributed by atoms with E-state index < -0.39 is 15.8 Å². The molecular weight excluding hydrogens is 276 g/mol. The third-order valence-corrected chi connectivity index (χ3v) is 4.12. The molecule has 0 saturated heterocycles. The van der Waals surface area contributed by atoms with Crippen LogP contribution >= 0.6 is 11.6 Å². The molecule has 18 heavy (non-hydrogen) atoms. The quantitative estimate of drug-likeness (QED) is 0.781. The van der Waals surface area contributed by atoms with Crippen molar-refractivity contribution in [3.8, 4) is 0 Å². The number of methoxy groups -OCH3 is 1. The van der Waals surface area contributed by atoms with Gasteiger partial charge in [-0.1, -0.05) is 23.7 Å². The van der Waals surface area contributed by atoms with Gasteiger partial charge in [-0.05, 0) is 29.3 Å². The molecule has 1 aromatic rings. The van der Waals surface area contributed by atoms with Crippen LogP contribution in [0.1, 0.15) is 5.56 Å². The summed E-state index contributed by atoms with van der Waals surface area (Å²) >= 11 is 5.83. The van der Waals surface area contributed by atoms with Crippen molar-refractivity contribution in [3.63, 3.8) is 0 Å². The third kappa shape index (κ3) is 2.32. The van der Waals surface area contributed by atoms with E-state index in [-0.39, 0.29) is 4.91 Å². The lowest BCUT2D eigenvalue weighted by Gasteiger charge is -1.99. The lowest BCUT2D eigenvalue weighted by molar-refractivity contribution is -0.135. The summed E-state index contributed by atoms with van der Waals surface area (Å²) in [6, 6.07) is 6.72. The number of halogens is 1. The summed E-state index contributed by atoms with van der Waals surface area (Å²) in [4.78, 5) is 11.0. The number of hydrogen-bond acceptors (Lipinski definition) is 4. The molecule has 0 bridgehead atoms. The van der Waals surface area contributed by atoms with E-state index >= 15 is 0 Å². The van der Waals surface area contributed by atoms with Crippen LogP contribution in [0.5, 0.6) is 0 Å². The minimum atomic E-state index is -3.73. The molecule has 2 rings (SSSR count). The Morgan fingerprint density at radius 3 is 2.67 bits per heavy atom. The summed E-state index contributed by atoms with van der Waals surface area (Å²) in [6.07, 6.45) is 1.28. The normalized spacial score (nSPS) is 17.0. The van der Waals surface area contributed by atoms with Crippen LogP contribution in [-0.2, 0) is 19.4 Å². The van der Waals surface area contributed by atoms with Gasteiger partial charge in [-0.3, -0.25) is 0 Å². The molecule has 0 aromatic heterocycles. The largest absolute Gasteiger partial charge is 0.465 e. The van der Waals surface area contributed by atoms with E-state index in [9.17, 15) is 13.2 Å². The topological polar surface area (TPSA) is 60.4 Å². The number of benzene rings is 1. The Morgan fingerprint density at radius 1 is 1.33 bits per heavy atom. The average Bonchev–Trinajstić information content (AvgIpc) is 2.64. The van der Waals surface area contributed by atoms with Crippen LogP contribution in [0.4, 0.5) is 0 Å². The highest BCUT2D eigenvalue weighted by atomic mass is 35.5. The van der Waals surface area contributed by atoms with Crippen LogP contribution in [0, 0.1) is 0 Å². The van der Waals surface area contributed by atoms with E-state index in [1.807, 2.05) is 0 Å². The number of ether oxygens (including phenoxy) is 1. The number of esters is 1. The molecule has 0 N–H and O–H groups in total. The highest BCUT2D eigenvalue weighted by Crippen LogP contribution is 2.30. The Morgan fingerprint density at radius 2 is 2.06 bits per heavy atom. The zero-order chi connectivity index (χ0) is 13.3. The van der Waals surface area contributed by atoms with E-state index in [0.29, 0.717) is 16.2 Å². The van der Waals surface area contributed by atoms with Gasteiger partial charge in [0.15, 0.2) is 4.91 Å². The molecule has 0 radical (unpaired) electrons. The molecule has 0 amide bonds. The second-order valence-corrected chi connectivity index (χ2v) is 5.83. The molecule has 4 nitrogen and oxygen atoms in total. The Hall–Kier alpha value is -1.59. The van der Waals surface area contributed by atoms with Gasteiger partial charge in [0.25, 0.3) is 0 Å². The number of hydrogen-bond donors (Lipinski definition) is 0. The molecule has 6 heteroatoms. The van der Waals surface area contributed by atoms with Gasteiger partial charge in [0.2, 0.25) is 9.84 Å². The Kier molecular flexibility index (Phi) is 3.28. The minimum absolute atomic E-state index is 0.361. The fourth-order valence-corrected chi connectivity index (χ4v) is 3.05. The molecule has 1 aliphatic rings. The molecule has 0 atom stereocenters. The van der Waals surface area contributed by atoms with E-state index in [1.165, 1.54) is 6.08 Å². The van der Waals surface area contributed by atoms with Crippen molar-refractivity contribution in [1.82, 2.24) is 0 Å². The summed E-state index contributed by atoms with van der Waals surface area (Å²) < 4.78 is 27.9. The lowest BCUT2D eigenvalue weighted by atomic mass is 10.1. The summed E-state index contributed by atoms with van der Waals surface area (Å²) in [6.45, 7) is 0. The number of rotatable bonds is 2. The molecule has 1 heterocycles. The minimum Gasteiger partial charge on any atom is -0.465 e. The Balaban J connectivity index is 2.50. The highest BCUT2D eigenvalue weighted by Gasteiger charge is 2.29. The van der Waals surface area contributed by atoms with E-state index in [2.05, 4.69) is 4.74 Å². The second-order valence-electron chi connectivity index (χ2n) is 3.63. The van der Waals surface area contributed by atoms with E-state index in [1.54, 1.807) is 24.3 Å². The fourth-order valence-electron chi connectivity index (χ4n) is 1.58. The second kappa shape index (κ2) is 4.59. The number of carbonyl (C=O) groups is 1. The SMILES string of the molecule is COC(=O)C1=CC(c2cccc(Cl)c2)=CS1(=O)=O. The van der Waals surface area contributed by atoms with Crippen molar-refractivity contribution in [2.24, 2.45) is 0 Å². The van der Waals surface area contributed by atoms with Crippen molar-refractivity contribution in [2.45, 2.75) is 0 Å². The van der Waals surface area contributed by atoms with Gasteiger partial charge in [-0.15, -0.1) is 0 Å². The van der Waals surface area contributed by atoms with Gasteiger partial charge in [0, 0.05) is 10.4 Å². The van der Waals surface area contributed by atoms with Crippen molar-refractivity contribution < 1.29 is 17.9 Å². The predicted molar refractivity (Wildman–Crippen MR) is 68.4 cm³/mol.